The van der Waals surface area contributed by atoms with E-state index in [-0.39, 0.29) is 11.9 Å². The summed E-state index contributed by atoms with van der Waals surface area (Å²) >= 11 is 0. The predicted octanol–water partition coefficient (Wildman–Crippen LogP) is 2.70. The standard InChI is InChI=1S/C12H14FN3O/c1-7-4-5-10(6-11(7)13)17-8(2)12-14-9(3)15-16-12/h4-6,8H,1-3H3,(H,14,15,16)/t8-/m1/s1. The minimum atomic E-state index is -0.293. The van der Waals surface area contributed by atoms with Gasteiger partial charge in [-0.1, -0.05) is 6.07 Å². The first-order chi connectivity index (χ1) is 8.06. The van der Waals surface area contributed by atoms with Crippen molar-refractivity contribution in [1.29, 1.82) is 0 Å². The maximum atomic E-state index is 13.3. The van der Waals surface area contributed by atoms with Crippen LogP contribution in [0.5, 0.6) is 5.75 Å². The monoisotopic (exact) mass is 235 g/mol. The number of nitrogens with zero attached hydrogens (tertiary/aromatic N) is 2. The lowest BCUT2D eigenvalue weighted by Crippen LogP contribution is -2.05. The van der Waals surface area contributed by atoms with Crippen molar-refractivity contribution in [1.82, 2.24) is 15.2 Å². The molecule has 17 heavy (non-hydrogen) atoms. The summed E-state index contributed by atoms with van der Waals surface area (Å²) in [5.74, 6) is 1.56. The van der Waals surface area contributed by atoms with E-state index in [0.29, 0.717) is 17.1 Å². The average molecular weight is 235 g/mol. The topological polar surface area (TPSA) is 50.8 Å². The van der Waals surface area contributed by atoms with E-state index >= 15 is 0 Å². The van der Waals surface area contributed by atoms with Crippen molar-refractivity contribution in [2.45, 2.75) is 26.9 Å². The molecule has 2 rings (SSSR count). The summed E-state index contributed by atoms with van der Waals surface area (Å²) in [5.41, 5.74) is 0.598. The van der Waals surface area contributed by atoms with Gasteiger partial charge in [0.15, 0.2) is 11.9 Å². The lowest BCUT2D eigenvalue weighted by Gasteiger charge is -2.12. The van der Waals surface area contributed by atoms with Crippen LogP contribution in [0.4, 0.5) is 4.39 Å². The van der Waals surface area contributed by atoms with Gasteiger partial charge in [0.25, 0.3) is 0 Å². The lowest BCUT2D eigenvalue weighted by molar-refractivity contribution is 0.216. The number of ether oxygens (including phenoxy) is 1. The molecule has 0 saturated carbocycles. The Hall–Kier alpha value is -1.91. The SMILES string of the molecule is Cc1nnc([C@@H](C)Oc2ccc(C)c(F)c2)[nH]1. The van der Waals surface area contributed by atoms with Crippen LogP contribution in [-0.2, 0) is 0 Å². The predicted molar refractivity (Wildman–Crippen MR) is 61.3 cm³/mol. The number of aromatic nitrogens is 3. The Morgan fingerprint density at radius 1 is 1.29 bits per heavy atom. The molecule has 1 aromatic carbocycles. The number of benzene rings is 1. The quantitative estimate of drug-likeness (QED) is 0.889. The molecule has 4 nitrogen and oxygen atoms in total. The highest BCUT2D eigenvalue weighted by molar-refractivity contribution is 5.28. The molecule has 0 bridgehead atoms. The van der Waals surface area contributed by atoms with Crippen molar-refractivity contribution >= 4 is 0 Å². The van der Waals surface area contributed by atoms with Gasteiger partial charge in [-0.25, -0.2) is 4.39 Å². The minimum absolute atomic E-state index is 0.275. The average Bonchev–Trinajstić information content (AvgIpc) is 2.70. The van der Waals surface area contributed by atoms with Gasteiger partial charge < -0.3 is 9.72 Å². The molecule has 1 N–H and O–H groups in total. The van der Waals surface area contributed by atoms with Crippen molar-refractivity contribution in [3.63, 3.8) is 0 Å². The summed E-state index contributed by atoms with van der Waals surface area (Å²) < 4.78 is 18.9. The summed E-state index contributed by atoms with van der Waals surface area (Å²) in [7, 11) is 0. The molecule has 2 aromatic rings. The van der Waals surface area contributed by atoms with Gasteiger partial charge in [0.2, 0.25) is 0 Å². The second-order valence-electron chi connectivity index (χ2n) is 3.97. The highest BCUT2D eigenvalue weighted by Gasteiger charge is 2.12. The van der Waals surface area contributed by atoms with Gasteiger partial charge in [0, 0.05) is 6.07 Å². The van der Waals surface area contributed by atoms with Crippen LogP contribution in [0.1, 0.15) is 30.2 Å². The fourth-order valence-corrected chi connectivity index (χ4v) is 1.45. The Morgan fingerprint density at radius 2 is 2.06 bits per heavy atom. The summed E-state index contributed by atoms with van der Waals surface area (Å²) in [5, 5.41) is 7.78. The van der Waals surface area contributed by atoms with Gasteiger partial charge in [-0.05, 0) is 32.4 Å². The summed E-state index contributed by atoms with van der Waals surface area (Å²) in [6, 6.07) is 4.79. The Labute approximate surface area is 98.8 Å². The van der Waals surface area contributed by atoms with Crippen LogP contribution in [0.3, 0.4) is 0 Å². The first-order valence-electron chi connectivity index (χ1n) is 5.38. The maximum Gasteiger partial charge on any atom is 0.171 e. The van der Waals surface area contributed by atoms with Gasteiger partial charge in [-0.3, -0.25) is 0 Å². The van der Waals surface area contributed by atoms with E-state index in [1.54, 1.807) is 19.1 Å². The van der Waals surface area contributed by atoms with Gasteiger partial charge in [-0.15, -0.1) is 10.2 Å². The zero-order chi connectivity index (χ0) is 12.4. The van der Waals surface area contributed by atoms with E-state index < -0.39 is 0 Å². The number of halogens is 1. The molecule has 0 fully saturated rings. The van der Waals surface area contributed by atoms with Crippen LogP contribution < -0.4 is 4.74 Å². The van der Waals surface area contributed by atoms with E-state index in [0.717, 1.165) is 5.82 Å². The van der Waals surface area contributed by atoms with E-state index in [1.807, 2.05) is 13.8 Å². The van der Waals surface area contributed by atoms with Gasteiger partial charge in [-0.2, -0.15) is 0 Å². The third-order valence-electron chi connectivity index (χ3n) is 2.46. The molecule has 0 amide bonds. The third kappa shape index (κ3) is 2.61. The molecule has 0 saturated heterocycles. The fraction of sp³-hybridized carbons (Fsp3) is 0.333. The molecule has 1 aromatic heterocycles. The first-order valence-corrected chi connectivity index (χ1v) is 5.38. The summed E-state index contributed by atoms with van der Waals surface area (Å²) in [6.45, 7) is 5.36. The van der Waals surface area contributed by atoms with E-state index in [1.165, 1.54) is 6.07 Å². The highest BCUT2D eigenvalue weighted by atomic mass is 19.1. The van der Waals surface area contributed by atoms with E-state index in [2.05, 4.69) is 15.2 Å². The van der Waals surface area contributed by atoms with Crippen LogP contribution in [0.25, 0.3) is 0 Å². The zero-order valence-electron chi connectivity index (χ0n) is 9.99. The number of aromatic amines is 1. The molecule has 0 unspecified atom stereocenters. The van der Waals surface area contributed by atoms with Crippen LogP contribution in [0, 0.1) is 19.7 Å². The molecule has 0 aliphatic carbocycles. The zero-order valence-corrected chi connectivity index (χ0v) is 9.99. The summed E-state index contributed by atoms with van der Waals surface area (Å²) in [6.07, 6.45) is -0.293. The van der Waals surface area contributed by atoms with Crippen molar-refractivity contribution in [3.8, 4) is 5.75 Å². The number of rotatable bonds is 3. The normalized spacial score (nSPS) is 12.5. The number of nitrogens with one attached hydrogen (secondary N) is 1. The first kappa shape index (κ1) is 11.6. The molecule has 0 aliphatic rings. The fourth-order valence-electron chi connectivity index (χ4n) is 1.45. The van der Waals surface area contributed by atoms with Gasteiger partial charge in [0.05, 0.1) is 0 Å². The second-order valence-corrected chi connectivity index (χ2v) is 3.97. The molecule has 0 aliphatic heterocycles. The van der Waals surface area contributed by atoms with E-state index in [9.17, 15) is 4.39 Å². The molecule has 0 radical (unpaired) electrons. The van der Waals surface area contributed by atoms with Crippen LogP contribution in [0.2, 0.25) is 0 Å². The number of hydrogen-bond acceptors (Lipinski definition) is 3. The number of hydrogen-bond donors (Lipinski definition) is 1. The largest absolute Gasteiger partial charge is 0.483 e. The van der Waals surface area contributed by atoms with Crippen molar-refractivity contribution in [2.75, 3.05) is 0 Å². The molecule has 1 atom stereocenters. The third-order valence-corrected chi connectivity index (χ3v) is 2.46. The Bertz CT molecular complexity index is 524. The van der Waals surface area contributed by atoms with Gasteiger partial charge in [0.1, 0.15) is 17.4 Å². The molecular weight excluding hydrogens is 221 g/mol. The molecule has 0 spiro atoms. The van der Waals surface area contributed by atoms with Crippen LogP contribution in [-0.4, -0.2) is 15.2 Å². The maximum absolute atomic E-state index is 13.3. The number of aryl methyl sites for hydroxylation is 2. The van der Waals surface area contributed by atoms with Crippen LogP contribution >= 0.6 is 0 Å². The van der Waals surface area contributed by atoms with Crippen LogP contribution in [0.15, 0.2) is 18.2 Å². The Balaban J connectivity index is 2.12. The highest BCUT2D eigenvalue weighted by Crippen LogP contribution is 2.21. The van der Waals surface area contributed by atoms with Crippen molar-refractivity contribution < 1.29 is 9.13 Å². The van der Waals surface area contributed by atoms with E-state index in [4.69, 9.17) is 4.74 Å². The smallest absolute Gasteiger partial charge is 0.171 e. The van der Waals surface area contributed by atoms with Gasteiger partial charge >= 0.3 is 0 Å². The lowest BCUT2D eigenvalue weighted by atomic mass is 10.2. The Morgan fingerprint density at radius 3 is 2.65 bits per heavy atom. The Kier molecular flexibility index (Phi) is 3.08. The molecular formula is C12H14FN3O. The minimum Gasteiger partial charge on any atom is -0.483 e. The van der Waals surface area contributed by atoms with Crippen molar-refractivity contribution in [3.05, 3.63) is 41.2 Å². The second kappa shape index (κ2) is 4.53. The number of H-pyrrole nitrogens is 1. The molecule has 90 valence electrons. The molecule has 1 heterocycles. The molecule has 5 heteroatoms. The van der Waals surface area contributed by atoms with Crippen molar-refractivity contribution in [2.24, 2.45) is 0 Å². The summed E-state index contributed by atoms with van der Waals surface area (Å²) in [4.78, 5) is 2.98.